The summed E-state index contributed by atoms with van der Waals surface area (Å²) in [4.78, 5) is 14.9. The lowest BCUT2D eigenvalue weighted by molar-refractivity contribution is 0.190. The number of thioether (sulfide) groups is 1. The predicted octanol–water partition coefficient (Wildman–Crippen LogP) is 4.67. The van der Waals surface area contributed by atoms with Gasteiger partial charge in [0.2, 0.25) is 0 Å². The molecule has 0 bridgehead atoms. The minimum Gasteiger partial charge on any atom is -0.328 e. The van der Waals surface area contributed by atoms with Gasteiger partial charge in [-0.25, -0.2) is 0 Å². The molecule has 0 heterocycles. The number of amides is 1. The van der Waals surface area contributed by atoms with Gasteiger partial charge < -0.3 is 4.90 Å². The standard InChI is InChI=1S/C13H18ClNOS/c1-9(2)15(10(3)4)13(16)17-12-7-5-11(14)6-8-12/h5-10H,1-4H3. The summed E-state index contributed by atoms with van der Waals surface area (Å²) in [6, 6.07) is 7.75. The molecule has 0 aromatic heterocycles. The second-order valence-electron chi connectivity index (χ2n) is 4.42. The van der Waals surface area contributed by atoms with E-state index in [0.717, 1.165) is 4.90 Å². The molecule has 0 spiro atoms. The summed E-state index contributed by atoms with van der Waals surface area (Å²) >= 11 is 7.05. The maximum Gasteiger partial charge on any atom is 0.286 e. The van der Waals surface area contributed by atoms with Crippen LogP contribution in [0.3, 0.4) is 0 Å². The lowest BCUT2D eigenvalue weighted by atomic mass is 10.2. The smallest absolute Gasteiger partial charge is 0.286 e. The van der Waals surface area contributed by atoms with Crippen molar-refractivity contribution < 1.29 is 4.79 Å². The highest BCUT2D eigenvalue weighted by Crippen LogP contribution is 2.25. The maximum absolute atomic E-state index is 12.1. The van der Waals surface area contributed by atoms with Gasteiger partial charge in [0.1, 0.15) is 0 Å². The molecule has 0 saturated carbocycles. The fourth-order valence-corrected chi connectivity index (χ4v) is 2.80. The van der Waals surface area contributed by atoms with E-state index in [4.69, 9.17) is 11.6 Å². The Kier molecular flexibility index (Phi) is 5.34. The molecule has 2 nitrogen and oxygen atoms in total. The van der Waals surface area contributed by atoms with Crippen LogP contribution >= 0.6 is 23.4 Å². The molecule has 0 saturated heterocycles. The normalized spacial score (nSPS) is 11.0. The number of carbonyl (C=O) groups excluding carboxylic acids is 1. The van der Waals surface area contributed by atoms with Gasteiger partial charge in [-0.3, -0.25) is 4.79 Å². The van der Waals surface area contributed by atoms with Gasteiger partial charge in [0.05, 0.1) is 0 Å². The second kappa shape index (κ2) is 6.31. The Labute approximate surface area is 112 Å². The lowest BCUT2D eigenvalue weighted by Crippen LogP contribution is -2.39. The number of halogens is 1. The predicted molar refractivity (Wildman–Crippen MR) is 74.8 cm³/mol. The third-order valence-electron chi connectivity index (χ3n) is 2.34. The van der Waals surface area contributed by atoms with Gasteiger partial charge in [0, 0.05) is 22.0 Å². The molecule has 1 rings (SSSR count). The molecule has 1 aromatic carbocycles. The van der Waals surface area contributed by atoms with E-state index in [1.54, 1.807) is 12.1 Å². The topological polar surface area (TPSA) is 20.3 Å². The molecule has 1 amide bonds. The molecule has 0 atom stereocenters. The summed E-state index contributed by atoms with van der Waals surface area (Å²) in [6.07, 6.45) is 0. The van der Waals surface area contributed by atoms with Gasteiger partial charge in [-0.15, -0.1) is 0 Å². The van der Waals surface area contributed by atoms with Crippen molar-refractivity contribution in [2.45, 2.75) is 44.7 Å². The number of hydrogen-bond donors (Lipinski definition) is 0. The molecule has 0 unspecified atom stereocenters. The highest BCUT2D eigenvalue weighted by atomic mass is 35.5. The van der Waals surface area contributed by atoms with Crippen LogP contribution in [0.15, 0.2) is 29.2 Å². The van der Waals surface area contributed by atoms with E-state index >= 15 is 0 Å². The molecule has 0 fully saturated rings. The molecule has 1 aromatic rings. The zero-order chi connectivity index (χ0) is 13.0. The first kappa shape index (κ1) is 14.4. The number of rotatable bonds is 3. The third-order valence-corrected chi connectivity index (χ3v) is 3.49. The molecule has 0 N–H and O–H groups in total. The van der Waals surface area contributed by atoms with Crippen LogP contribution in [0.25, 0.3) is 0 Å². The van der Waals surface area contributed by atoms with E-state index < -0.39 is 0 Å². The van der Waals surface area contributed by atoms with Gasteiger partial charge in [0.15, 0.2) is 0 Å². The SMILES string of the molecule is CC(C)N(C(=O)Sc1ccc(Cl)cc1)C(C)C. The molecular formula is C13H18ClNOS. The summed E-state index contributed by atoms with van der Waals surface area (Å²) in [6.45, 7) is 8.11. The van der Waals surface area contributed by atoms with Crippen molar-refractivity contribution in [1.29, 1.82) is 0 Å². The van der Waals surface area contributed by atoms with Crippen LogP contribution in [0.4, 0.5) is 4.79 Å². The highest BCUT2D eigenvalue weighted by molar-refractivity contribution is 8.13. The van der Waals surface area contributed by atoms with Crippen molar-refractivity contribution in [3.8, 4) is 0 Å². The van der Waals surface area contributed by atoms with Crippen LogP contribution in [0.1, 0.15) is 27.7 Å². The lowest BCUT2D eigenvalue weighted by Gasteiger charge is -2.30. The van der Waals surface area contributed by atoms with Crippen molar-refractivity contribution in [1.82, 2.24) is 4.90 Å². The summed E-state index contributed by atoms with van der Waals surface area (Å²) in [5, 5.41) is 0.767. The van der Waals surface area contributed by atoms with E-state index in [1.165, 1.54) is 11.8 Å². The second-order valence-corrected chi connectivity index (χ2v) is 5.88. The monoisotopic (exact) mass is 271 g/mol. The Hall–Kier alpha value is -0.670. The van der Waals surface area contributed by atoms with E-state index in [2.05, 4.69) is 0 Å². The van der Waals surface area contributed by atoms with E-state index in [1.807, 2.05) is 44.7 Å². The van der Waals surface area contributed by atoms with Crippen LogP contribution in [0.5, 0.6) is 0 Å². The first-order chi connectivity index (χ1) is 7.91. The Balaban J connectivity index is 2.73. The number of hydrogen-bond acceptors (Lipinski definition) is 2. The molecule has 0 aliphatic rings. The first-order valence-electron chi connectivity index (χ1n) is 5.67. The van der Waals surface area contributed by atoms with Gasteiger partial charge in [-0.1, -0.05) is 11.6 Å². The summed E-state index contributed by atoms with van der Waals surface area (Å²) in [5.41, 5.74) is 0. The third kappa shape index (κ3) is 4.25. The average Bonchev–Trinajstić information content (AvgIpc) is 2.20. The van der Waals surface area contributed by atoms with Crippen molar-refractivity contribution >= 4 is 28.6 Å². The zero-order valence-electron chi connectivity index (χ0n) is 10.6. The average molecular weight is 272 g/mol. The molecule has 0 aliphatic carbocycles. The van der Waals surface area contributed by atoms with Gasteiger partial charge >= 0.3 is 0 Å². The van der Waals surface area contributed by atoms with Crippen molar-refractivity contribution in [3.63, 3.8) is 0 Å². The summed E-state index contributed by atoms with van der Waals surface area (Å²) in [7, 11) is 0. The minimum absolute atomic E-state index is 0.0809. The number of nitrogens with zero attached hydrogens (tertiary/aromatic N) is 1. The Morgan fingerprint density at radius 3 is 2.00 bits per heavy atom. The van der Waals surface area contributed by atoms with Crippen molar-refractivity contribution in [3.05, 3.63) is 29.3 Å². The van der Waals surface area contributed by atoms with Crippen LogP contribution < -0.4 is 0 Å². The van der Waals surface area contributed by atoms with Crippen LogP contribution in [-0.4, -0.2) is 22.2 Å². The van der Waals surface area contributed by atoms with E-state index in [9.17, 15) is 4.79 Å². The Morgan fingerprint density at radius 1 is 1.12 bits per heavy atom. The van der Waals surface area contributed by atoms with Crippen LogP contribution in [0.2, 0.25) is 5.02 Å². The van der Waals surface area contributed by atoms with E-state index in [-0.39, 0.29) is 17.3 Å². The summed E-state index contributed by atoms with van der Waals surface area (Å²) < 4.78 is 0. The molecule has 94 valence electrons. The van der Waals surface area contributed by atoms with E-state index in [0.29, 0.717) is 5.02 Å². The molecular weight excluding hydrogens is 254 g/mol. The van der Waals surface area contributed by atoms with Gasteiger partial charge in [-0.05, 0) is 63.7 Å². The largest absolute Gasteiger partial charge is 0.328 e. The van der Waals surface area contributed by atoms with Crippen molar-refractivity contribution in [2.24, 2.45) is 0 Å². The Morgan fingerprint density at radius 2 is 1.59 bits per heavy atom. The number of benzene rings is 1. The van der Waals surface area contributed by atoms with Gasteiger partial charge in [-0.2, -0.15) is 0 Å². The minimum atomic E-state index is 0.0809. The van der Waals surface area contributed by atoms with Crippen molar-refractivity contribution in [2.75, 3.05) is 0 Å². The zero-order valence-corrected chi connectivity index (χ0v) is 12.2. The molecule has 0 aliphatic heterocycles. The fourth-order valence-electron chi connectivity index (χ4n) is 1.67. The molecule has 0 radical (unpaired) electrons. The fraction of sp³-hybridized carbons (Fsp3) is 0.462. The molecule has 4 heteroatoms. The first-order valence-corrected chi connectivity index (χ1v) is 6.87. The highest BCUT2D eigenvalue weighted by Gasteiger charge is 2.20. The van der Waals surface area contributed by atoms with Gasteiger partial charge in [0.25, 0.3) is 5.24 Å². The quantitative estimate of drug-likeness (QED) is 0.745. The number of carbonyl (C=O) groups is 1. The Bertz CT molecular complexity index is 368. The maximum atomic E-state index is 12.1. The molecule has 17 heavy (non-hydrogen) atoms. The summed E-state index contributed by atoms with van der Waals surface area (Å²) in [5.74, 6) is 0. The van der Waals surface area contributed by atoms with Crippen LogP contribution in [0, 0.1) is 0 Å². The van der Waals surface area contributed by atoms with Crippen LogP contribution in [-0.2, 0) is 0 Å².